The summed E-state index contributed by atoms with van der Waals surface area (Å²) in [5.41, 5.74) is 0.418. The third kappa shape index (κ3) is 2.52. The summed E-state index contributed by atoms with van der Waals surface area (Å²) < 4.78 is 6.73. The first-order valence-electron chi connectivity index (χ1n) is 5.73. The van der Waals surface area contributed by atoms with Crippen molar-refractivity contribution in [2.45, 2.75) is 44.0 Å². The maximum Gasteiger partial charge on any atom is 0.111 e. The summed E-state index contributed by atoms with van der Waals surface area (Å²) in [6, 6.07) is 0. The smallest absolute Gasteiger partial charge is 0.111 e. The van der Waals surface area contributed by atoms with Gasteiger partial charge < -0.3 is 25.2 Å². The van der Waals surface area contributed by atoms with Crippen LogP contribution >= 0.6 is 0 Å². The summed E-state index contributed by atoms with van der Waals surface area (Å²) in [5, 5.41) is 45.1. The molecule has 18 heavy (non-hydrogen) atoms. The van der Waals surface area contributed by atoms with Crippen LogP contribution in [0.1, 0.15) is 18.7 Å². The Morgan fingerprint density at radius 1 is 1.39 bits per heavy atom. The number of ether oxygens (including phenoxy) is 1. The van der Waals surface area contributed by atoms with Gasteiger partial charge in [-0.3, -0.25) is 0 Å². The van der Waals surface area contributed by atoms with Crippen molar-refractivity contribution in [2.75, 3.05) is 6.61 Å². The quantitative estimate of drug-likeness (QED) is 0.484. The molecule has 0 spiro atoms. The minimum absolute atomic E-state index is 0.189. The van der Waals surface area contributed by atoms with Crippen LogP contribution in [0.15, 0.2) is 6.20 Å². The van der Waals surface area contributed by atoms with Crippen LogP contribution in [0.2, 0.25) is 0 Å². The predicted molar refractivity (Wildman–Crippen MR) is 58.4 cm³/mol. The lowest BCUT2D eigenvalue weighted by Gasteiger charge is -2.13. The van der Waals surface area contributed by atoms with E-state index in [1.807, 2.05) is 0 Å². The average molecular weight is 259 g/mol. The molecule has 4 N–H and O–H groups in total. The third-order valence-electron chi connectivity index (χ3n) is 2.99. The Hall–Kier alpha value is -1.06. The van der Waals surface area contributed by atoms with Crippen LogP contribution in [0.3, 0.4) is 0 Å². The normalized spacial score (nSPS) is 33.8. The van der Waals surface area contributed by atoms with Gasteiger partial charge in [0, 0.05) is 0 Å². The number of aromatic nitrogens is 3. The van der Waals surface area contributed by atoms with Crippen LogP contribution in [0.5, 0.6) is 0 Å². The molecule has 102 valence electrons. The second kappa shape index (κ2) is 5.29. The van der Waals surface area contributed by atoms with Crippen molar-refractivity contribution in [1.29, 1.82) is 0 Å². The summed E-state index contributed by atoms with van der Waals surface area (Å²) in [7, 11) is 0. The van der Waals surface area contributed by atoms with E-state index in [0.29, 0.717) is 5.69 Å². The Morgan fingerprint density at radius 2 is 2.06 bits per heavy atom. The molecule has 5 atom stereocenters. The highest BCUT2D eigenvalue weighted by molar-refractivity contribution is 4.97. The lowest BCUT2D eigenvalue weighted by molar-refractivity contribution is -0.0276. The lowest BCUT2D eigenvalue weighted by Crippen LogP contribution is -2.35. The fourth-order valence-corrected chi connectivity index (χ4v) is 1.91. The molecule has 8 nitrogen and oxygen atoms in total. The van der Waals surface area contributed by atoms with E-state index in [1.165, 1.54) is 4.68 Å². The van der Waals surface area contributed by atoms with E-state index in [2.05, 4.69) is 10.3 Å². The zero-order valence-corrected chi connectivity index (χ0v) is 9.92. The van der Waals surface area contributed by atoms with Gasteiger partial charge in [-0.15, -0.1) is 5.10 Å². The first-order chi connectivity index (χ1) is 8.52. The fourth-order valence-electron chi connectivity index (χ4n) is 1.91. The van der Waals surface area contributed by atoms with Gasteiger partial charge in [0.1, 0.15) is 30.1 Å². The molecule has 1 aliphatic rings. The zero-order valence-electron chi connectivity index (χ0n) is 9.92. The maximum atomic E-state index is 9.74. The molecule has 0 saturated carbocycles. The summed E-state index contributed by atoms with van der Waals surface area (Å²) in [6.45, 7) is 1.40. The van der Waals surface area contributed by atoms with Crippen molar-refractivity contribution in [3.05, 3.63) is 11.9 Å². The van der Waals surface area contributed by atoms with Crippen LogP contribution in [0.4, 0.5) is 0 Å². The molecule has 1 saturated heterocycles. The van der Waals surface area contributed by atoms with Crippen LogP contribution < -0.4 is 0 Å². The van der Waals surface area contributed by atoms with Crippen LogP contribution in [-0.4, -0.2) is 66.4 Å². The molecule has 0 aliphatic carbocycles. The van der Waals surface area contributed by atoms with Gasteiger partial charge in [0.15, 0.2) is 0 Å². The largest absolute Gasteiger partial charge is 0.394 e. The van der Waals surface area contributed by atoms with Gasteiger partial charge in [-0.1, -0.05) is 5.21 Å². The molecule has 0 amide bonds. The number of nitrogens with zero attached hydrogens (tertiary/aromatic N) is 3. The lowest BCUT2D eigenvalue weighted by atomic mass is 10.1. The molecular formula is C10H17N3O5. The van der Waals surface area contributed by atoms with Crippen LogP contribution in [-0.2, 0) is 11.3 Å². The van der Waals surface area contributed by atoms with Crippen molar-refractivity contribution in [2.24, 2.45) is 0 Å². The van der Waals surface area contributed by atoms with Crippen LogP contribution in [0, 0.1) is 0 Å². The zero-order chi connectivity index (χ0) is 13.3. The number of rotatable bonds is 4. The molecular weight excluding hydrogens is 242 g/mol. The second-order valence-corrected chi connectivity index (χ2v) is 4.42. The molecule has 0 radical (unpaired) electrons. The standard InChI is InChI=1S/C10H17N3O5/c1-5(15)6-2-13(12-11-6)3-7-9(16)10(17)8(4-14)18-7/h2,5,7-10,14-17H,3-4H2,1H3/t5?,7-,8+,9+,10+/m0/s1. The first kappa shape index (κ1) is 13.4. The number of aliphatic hydroxyl groups excluding tert-OH is 4. The number of aliphatic hydroxyl groups is 4. The van der Waals surface area contributed by atoms with Gasteiger partial charge >= 0.3 is 0 Å². The molecule has 0 bridgehead atoms. The predicted octanol–water partition coefficient (Wildman–Crippen LogP) is -2.19. The second-order valence-electron chi connectivity index (χ2n) is 4.42. The highest BCUT2D eigenvalue weighted by atomic mass is 16.6. The molecule has 8 heteroatoms. The molecule has 1 fully saturated rings. The van der Waals surface area contributed by atoms with Crippen LogP contribution in [0.25, 0.3) is 0 Å². The van der Waals surface area contributed by atoms with E-state index < -0.39 is 30.5 Å². The van der Waals surface area contributed by atoms with Crippen molar-refractivity contribution >= 4 is 0 Å². The van der Waals surface area contributed by atoms with Gasteiger partial charge in [0.25, 0.3) is 0 Å². The van der Waals surface area contributed by atoms with E-state index in [4.69, 9.17) is 9.84 Å². The summed E-state index contributed by atoms with van der Waals surface area (Å²) >= 11 is 0. The highest BCUT2D eigenvalue weighted by Crippen LogP contribution is 2.22. The molecule has 1 aliphatic heterocycles. The summed E-state index contributed by atoms with van der Waals surface area (Å²) in [5.74, 6) is 0. The molecule has 1 aromatic rings. The molecule has 2 rings (SSSR count). The van der Waals surface area contributed by atoms with Gasteiger partial charge in [0.05, 0.1) is 25.5 Å². The van der Waals surface area contributed by atoms with E-state index in [1.54, 1.807) is 13.1 Å². The topological polar surface area (TPSA) is 121 Å². The minimum atomic E-state index is -1.11. The van der Waals surface area contributed by atoms with Crippen molar-refractivity contribution < 1.29 is 25.2 Å². The van der Waals surface area contributed by atoms with E-state index in [9.17, 15) is 15.3 Å². The van der Waals surface area contributed by atoms with Gasteiger partial charge in [-0.25, -0.2) is 4.68 Å². The molecule has 1 aromatic heterocycles. The van der Waals surface area contributed by atoms with Crippen molar-refractivity contribution in [1.82, 2.24) is 15.0 Å². The highest BCUT2D eigenvalue weighted by Gasteiger charge is 2.42. The Balaban J connectivity index is 2.01. The fraction of sp³-hybridized carbons (Fsp3) is 0.800. The summed E-state index contributed by atoms with van der Waals surface area (Å²) in [6.07, 6.45) is -2.82. The number of hydrogen-bond donors (Lipinski definition) is 4. The monoisotopic (exact) mass is 259 g/mol. The molecule has 2 heterocycles. The van der Waals surface area contributed by atoms with Gasteiger partial charge in [-0.2, -0.15) is 0 Å². The number of hydrogen-bond acceptors (Lipinski definition) is 7. The van der Waals surface area contributed by atoms with Gasteiger partial charge in [0.2, 0.25) is 0 Å². The Bertz CT molecular complexity index is 397. The Morgan fingerprint density at radius 3 is 2.56 bits per heavy atom. The van der Waals surface area contributed by atoms with Gasteiger partial charge in [-0.05, 0) is 6.92 Å². The minimum Gasteiger partial charge on any atom is -0.394 e. The Labute approximate surface area is 103 Å². The van der Waals surface area contributed by atoms with Crippen molar-refractivity contribution in [3.63, 3.8) is 0 Å². The van der Waals surface area contributed by atoms with E-state index in [0.717, 1.165) is 0 Å². The average Bonchev–Trinajstić information content (AvgIpc) is 2.90. The third-order valence-corrected chi connectivity index (χ3v) is 2.99. The van der Waals surface area contributed by atoms with Crippen molar-refractivity contribution in [3.8, 4) is 0 Å². The molecule has 1 unspecified atom stereocenters. The molecule has 0 aromatic carbocycles. The SMILES string of the molecule is CC(O)c1cn(C[C@@H]2O[C@H](CO)[C@@H](O)[C@@H]2O)nn1. The Kier molecular flexibility index (Phi) is 3.93. The maximum absolute atomic E-state index is 9.74. The van der Waals surface area contributed by atoms with E-state index in [-0.39, 0.29) is 13.2 Å². The van der Waals surface area contributed by atoms with E-state index >= 15 is 0 Å². The first-order valence-corrected chi connectivity index (χ1v) is 5.73. The summed E-state index contributed by atoms with van der Waals surface area (Å²) in [4.78, 5) is 0.